The molecule has 1 amide bonds. The minimum atomic E-state index is 0.147. The Kier molecular flexibility index (Phi) is 4.53. The van der Waals surface area contributed by atoms with Crippen molar-refractivity contribution in [3.63, 3.8) is 0 Å². The Morgan fingerprint density at radius 3 is 2.54 bits per heavy atom. The molecule has 13 heavy (non-hydrogen) atoms. The van der Waals surface area contributed by atoms with Crippen LogP contribution in [0.3, 0.4) is 0 Å². The van der Waals surface area contributed by atoms with E-state index in [1.807, 2.05) is 0 Å². The summed E-state index contributed by atoms with van der Waals surface area (Å²) < 4.78 is 0. The second-order valence-electron chi connectivity index (χ2n) is 3.53. The summed E-state index contributed by atoms with van der Waals surface area (Å²) in [5.41, 5.74) is 5.29. The summed E-state index contributed by atoms with van der Waals surface area (Å²) in [5, 5.41) is 3.09. The second kappa shape index (κ2) is 5.45. The predicted octanol–water partition coefficient (Wildman–Crippen LogP) is 0.859. The van der Waals surface area contributed by atoms with Gasteiger partial charge in [0.25, 0.3) is 0 Å². The van der Waals surface area contributed by atoms with Crippen LogP contribution in [0, 0.1) is 5.92 Å². The Bertz CT molecular complexity index is 167. The lowest BCUT2D eigenvalue weighted by atomic mass is 9.88. The standard InChI is InChI=1S/C9H17ClN2O/c10-8-3-1-7(2-4-8)9(13)12-6-5-11/h7-8H,1-6,11H2,(H,12,13). The van der Waals surface area contributed by atoms with Crippen LogP contribution in [0.25, 0.3) is 0 Å². The lowest BCUT2D eigenvalue weighted by Crippen LogP contribution is -2.36. The fourth-order valence-corrected chi connectivity index (χ4v) is 1.91. The van der Waals surface area contributed by atoms with Crippen LogP contribution in [0.2, 0.25) is 0 Å². The van der Waals surface area contributed by atoms with Gasteiger partial charge >= 0.3 is 0 Å². The molecule has 0 atom stereocenters. The number of carbonyl (C=O) groups excluding carboxylic acids is 1. The maximum Gasteiger partial charge on any atom is 0.223 e. The van der Waals surface area contributed by atoms with Crippen LogP contribution in [0.5, 0.6) is 0 Å². The van der Waals surface area contributed by atoms with Gasteiger partial charge in [-0.2, -0.15) is 0 Å². The topological polar surface area (TPSA) is 55.1 Å². The van der Waals surface area contributed by atoms with Crippen LogP contribution in [-0.2, 0) is 4.79 Å². The van der Waals surface area contributed by atoms with E-state index in [1.54, 1.807) is 0 Å². The van der Waals surface area contributed by atoms with Crippen LogP contribution < -0.4 is 11.1 Å². The maximum atomic E-state index is 11.5. The number of hydrogen-bond acceptors (Lipinski definition) is 2. The second-order valence-corrected chi connectivity index (χ2v) is 4.15. The number of amides is 1. The molecule has 1 rings (SSSR count). The monoisotopic (exact) mass is 204 g/mol. The number of carbonyl (C=O) groups is 1. The zero-order valence-electron chi connectivity index (χ0n) is 7.76. The van der Waals surface area contributed by atoms with E-state index in [1.165, 1.54) is 0 Å². The first kappa shape index (κ1) is 10.8. The Morgan fingerprint density at radius 2 is 2.00 bits per heavy atom. The first-order valence-corrected chi connectivity index (χ1v) is 5.29. The number of alkyl halides is 1. The maximum absolute atomic E-state index is 11.5. The van der Waals surface area contributed by atoms with Crippen LogP contribution >= 0.6 is 11.6 Å². The number of halogens is 1. The molecule has 0 aromatic carbocycles. The van der Waals surface area contributed by atoms with Gasteiger partial charge in [0.1, 0.15) is 0 Å². The summed E-state index contributed by atoms with van der Waals surface area (Å²) in [6, 6.07) is 0. The number of nitrogens with one attached hydrogen (secondary N) is 1. The molecule has 0 spiro atoms. The molecule has 1 saturated carbocycles. The van der Waals surface area contributed by atoms with Gasteiger partial charge in [-0.15, -0.1) is 11.6 Å². The Labute approximate surface area is 84.0 Å². The third-order valence-corrected chi connectivity index (χ3v) is 2.91. The molecule has 0 radical (unpaired) electrons. The van der Waals surface area contributed by atoms with E-state index in [2.05, 4.69) is 5.32 Å². The smallest absolute Gasteiger partial charge is 0.223 e. The molecule has 1 aliphatic carbocycles. The lowest BCUT2D eigenvalue weighted by molar-refractivity contribution is -0.125. The molecule has 1 fully saturated rings. The molecule has 3 N–H and O–H groups in total. The van der Waals surface area contributed by atoms with Crippen LogP contribution in [-0.4, -0.2) is 24.4 Å². The van der Waals surface area contributed by atoms with Gasteiger partial charge in [0.15, 0.2) is 0 Å². The van der Waals surface area contributed by atoms with Gasteiger partial charge in [0, 0.05) is 24.4 Å². The minimum Gasteiger partial charge on any atom is -0.355 e. The highest BCUT2D eigenvalue weighted by molar-refractivity contribution is 6.20. The molecule has 0 saturated heterocycles. The van der Waals surface area contributed by atoms with Gasteiger partial charge in [0.2, 0.25) is 5.91 Å². The number of hydrogen-bond donors (Lipinski definition) is 2. The Morgan fingerprint density at radius 1 is 1.38 bits per heavy atom. The van der Waals surface area contributed by atoms with Gasteiger partial charge in [-0.25, -0.2) is 0 Å². The van der Waals surface area contributed by atoms with Gasteiger partial charge < -0.3 is 11.1 Å². The average Bonchev–Trinajstić information content (AvgIpc) is 2.15. The molecule has 4 heteroatoms. The summed E-state index contributed by atoms with van der Waals surface area (Å²) in [5.74, 6) is 0.315. The van der Waals surface area contributed by atoms with Crippen molar-refractivity contribution in [1.29, 1.82) is 0 Å². The van der Waals surface area contributed by atoms with Crippen LogP contribution in [0.1, 0.15) is 25.7 Å². The van der Waals surface area contributed by atoms with Crippen molar-refractivity contribution >= 4 is 17.5 Å². The quantitative estimate of drug-likeness (QED) is 0.670. The van der Waals surface area contributed by atoms with Crippen molar-refractivity contribution in [3.05, 3.63) is 0 Å². The zero-order chi connectivity index (χ0) is 9.68. The molecule has 1 aliphatic rings. The predicted molar refractivity (Wildman–Crippen MR) is 53.7 cm³/mol. The van der Waals surface area contributed by atoms with Gasteiger partial charge in [0.05, 0.1) is 0 Å². The molecular formula is C9H17ClN2O. The SMILES string of the molecule is NCCNC(=O)C1CCC(Cl)CC1. The van der Waals surface area contributed by atoms with Crippen LogP contribution in [0.15, 0.2) is 0 Å². The van der Waals surface area contributed by atoms with Crippen molar-refractivity contribution in [2.75, 3.05) is 13.1 Å². The number of rotatable bonds is 3. The van der Waals surface area contributed by atoms with E-state index in [4.69, 9.17) is 17.3 Å². The molecule has 0 aromatic rings. The molecule has 0 aromatic heterocycles. The van der Waals surface area contributed by atoms with E-state index in [0.29, 0.717) is 13.1 Å². The van der Waals surface area contributed by atoms with E-state index >= 15 is 0 Å². The van der Waals surface area contributed by atoms with Gasteiger partial charge in [-0.1, -0.05) is 0 Å². The lowest BCUT2D eigenvalue weighted by Gasteiger charge is -2.23. The third kappa shape index (κ3) is 3.53. The molecular weight excluding hydrogens is 188 g/mol. The van der Waals surface area contributed by atoms with Crippen molar-refractivity contribution in [3.8, 4) is 0 Å². The number of nitrogens with two attached hydrogens (primary N) is 1. The Balaban J connectivity index is 2.23. The van der Waals surface area contributed by atoms with Crippen molar-refractivity contribution in [2.45, 2.75) is 31.1 Å². The largest absolute Gasteiger partial charge is 0.355 e. The summed E-state index contributed by atoms with van der Waals surface area (Å²) in [6.07, 6.45) is 3.76. The van der Waals surface area contributed by atoms with Gasteiger partial charge in [-0.05, 0) is 25.7 Å². The van der Waals surface area contributed by atoms with E-state index in [-0.39, 0.29) is 17.2 Å². The van der Waals surface area contributed by atoms with Crippen molar-refractivity contribution < 1.29 is 4.79 Å². The summed E-state index contributed by atoms with van der Waals surface area (Å²) in [4.78, 5) is 11.5. The highest BCUT2D eigenvalue weighted by atomic mass is 35.5. The highest BCUT2D eigenvalue weighted by Gasteiger charge is 2.24. The highest BCUT2D eigenvalue weighted by Crippen LogP contribution is 2.27. The average molecular weight is 205 g/mol. The first-order chi connectivity index (χ1) is 6.24. The zero-order valence-corrected chi connectivity index (χ0v) is 8.52. The van der Waals surface area contributed by atoms with E-state index < -0.39 is 0 Å². The summed E-state index contributed by atoms with van der Waals surface area (Å²) in [6.45, 7) is 1.09. The summed E-state index contributed by atoms with van der Waals surface area (Å²) in [7, 11) is 0. The molecule has 3 nitrogen and oxygen atoms in total. The van der Waals surface area contributed by atoms with Gasteiger partial charge in [-0.3, -0.25) is 4.79 Å². The minimum absolute atomic E-state index is 0.147. The van der Waals surface area contributed by atoms with E-state index in [0.717, 1.165) is 25.7 Å². The molecule has 0 aliphatic heterocycles. The fourth-order valence-electron chi connectivity index (χ4n) is 1.65. The molecule has 0 unspecified atom stereocenters. The summed E-state index contributed by atoms with van der Waals surface area (Å²) >= 11 is 5.94. The van der Waals surface area contributed by atoms with E-state index in [9.17, 15) is 4.79 Å². The first-order valence-electron chi connectivity index (χ1n) is 4.86. The van der Waals surface area contributed by atoms with Crippen molar-refractivity contribution in [1.82, 2.24) is 5.32 Å². The molecule has 0 heterocycles. The molecule has 0 bridgehead atoms. The Hall–Kier alpha value is -0.280. The fraction of sp³-hybridized carbons (Fsp3) is 0.889. The normalized spacial score (nSPS) is 28.5. The van der Waals surface area contributed by atoms with Crippen LogP contribution in [0.4, 0.5) is 0 Å². The molecule has 76 valence electrons. The third-order valence-electron chi connectivity index (χ3n) is 2.47. The van der Waals surface area contributed by atoms with Crippen molar-refractivity contribution in [2.24, 2.45) is 11.7 Å².